The van der Waals surface area contributed by atoms with Gasteiger partial charge in [0, 0.05) is 44.4 Å². The van der Waals surface area contributed by atoms with Crippen molar-refractivity contribution in [2.24, 2.45) is 0 Å². The molecule has 1 fully saturated rings. The van der Waals surface area contributed by atoms with Crippen molar-refractivity contribution in [1.82, 2.24) is 4.90 Å². The van der Waals surface area contributed by atoms with Crippen molar-refractivity contribution in [2.45, 2.75) is 13.3 Å². The maximum Gasteiger partial charge on any atom is 0.222 e. The molecule has 0 bridgehead atoms. The first-order valence-electron chi connectivity index (χ1n) is 6.52. The fourth-order valence-electron chi connectivity index (χ4n) is 2.29. The summed E-state index contributed by atoms with van der Waals surface area (Å²) in [4.78, 5) is 15.5. The fraction of sp³-hybridized carbons (Fsp3) is 0.500. The van der Waals surface area contributed by atoms with Gasteiger partial charge in [-0.3, -0.25) is 4.79 Å². The summed E-state index contributed by atoms with van der Waals surface area (Å²) in [5.74, 6) is 0.0798. The summed E-state index contributed by atoms with van der Waals surface area (Å²) in [6, 6.07) is 4.96. The number of methoxy groups -OCH3 is 1. The SMILES string of the molecule is CCC(=O)N1CCN(c2ccc(OC)c(F)c2)CC1. The molecular formula is C14H19FN2O2. The van der Waals surface area contributed by atoms with Gasteiger partial charge in [0.05, 0.1) is 7.11 Å². The number of halogens is 1. The van der Waals surface area contributed by atoms with Crippen LogP contribution in [0.3, 0.4) is 0 Å². The Balaban J connectivity index is 2.01. The number of hydrogen-bond donors (Lipinski definition) is 0. The lowest BCUT2D eigenvalue weighted by molar-refractivity contribution is -0.131. The van der Waals surface area contributed by atoms with Crippen molar-refractivity contribution in [3.63, 3.8) is 0 Å². The van der Waals surface area contributed by atoms with Gasteiger partial charge in [-0.1, -0.05) is 6.92 Å². The molecule has 4 nitrogen and oxygen atoms in total. The van der Waals surface area contributed by atoms with Crippen molar-refractivity contribution < 1.29 is 13.9 Å². The minimum atomic E-state index is -0.355. The molecule has 0 aromatic heterocycles. The summed E-state index contributed by atoms with van der Waals surface area (Å²) in [6.07, 6.45) is 0.539. The first-order valence-corrected chi connectivity index (χ1v) is 6.52. The van der Waals surface area contributed by atoms with E-state index in [2.05, 4.69) is 4.90 Å². The molecule has 1 heterocycles. The van der Waals surface area contributed by atoms with Gasteiger partial charge in [0.25, 0.3) is 0 Å². The number of carbonyl (C=O) groups is 1. The van der Waals surface area contributed by atoms with Crippen molar-refractivity contribution in [2.75, 3.05) is 38.2 Å². The second kappa shape index (κ2) is 5.91. The number of hydrogen-bond acceptors (Lipinski definition) is 3. The number of benzene rings is 1. The second-order valence-electron chi connectivity index (χ2n) is 4.54. The number of nitrogens with zero attached hydrogens (tertiary/aromatic N) is 2. The highest BCUT2D eigenvalue weighted by Gasteiger charge is 2.20. The topological polar surface area (TPSA) is 32.8 Å². The molecular weight excluding hydrogens is 247 g/mol. The van der Waals surface area contributed by atoms with E-state index in [9.17, 15) is 9.18 Å². The highest BCUT2D eigenvalue weighted by atomic mass is 19.1. The van der Waals surface area contributed by atoms with E-state index < -0.39 is 0 Å². The molecule has 0 atom stereocenters. The van der Waals surface area contributed by atoms with Crippen LogP contribution in [0.2, 0.25) is 0 Å². The van der Waals surface area contributed by atoms with Crippen LogP contribution in [0.1, 0.15) is 13.3 Å². The smallest absolute Gasteiger partial charge is 0.222 e. The van der Waals surface area contributed by atoms with E-state index in [-0.39, 0.29) is 17.5 Å². The summed E-state index contributed by atoms with van der Waals surface area (Å²) in [5.41, 5.74) is 0.835. The quantitative estimate of drug-likeness (QED) is 0.837. The van der Waals surface area contributed by atoms with E-state index in [0.29, 0.717) is 19.5 Å². The average molecular weight is 266 g/mol. The van der Waals surface area contributed by atoms with Gasteiger partial charge in [0.15, 0.2) is 11.6 Å². The van der Waals surface area contributed by atoms with Gasteiger partial charge in [-0.05, 0) is 12.1 Å². The summed E-state index contributed by atoms with van der Waals surface area (Å²) >= 11 is 0. The van der Waals surface area contributed by atoms with Crippen LogP contribution >= 0.6 is 0 Å². The molecule has 0 unspecified atom stereocenters. The Morgan fingerprint density at radius 2 is 2.00 bits per heavy atom. The monoisotopic (exact) mass is 266 g/mol. The predicted octanol–water partition coefficient (Wildman–Crippen LogP) is 1.89. The van der Waals surface area contributed by atoms with Crippen molar-refractivity contribution in [3.8, 4) is 5.75 Å². The molecule has 0 saturated carbocycles. The van der Waals surface area contributed by atoms with Gasteiger partial charge in [0.1, 0.15) is 0 Å². The van der Waals surface area contributed by atoms with Crippen LogP contribution in [-0.2, 0) is 4.79 Å². The van der Waals surface area contributed by atoms with E-state index in [0.717, 1.165) is 18.8 Å². The van der Waals surface area contributed by atoms with Gasteiger partial charge in [-0.25, -0.2) is 4.39 Å². The highest BCUT2D eigenvalue weighted by molar-refractivity contribution is 5.76. The van der Waals surface area contributed by atoms with E-state index >= 15 is 0 Å². The summed E-state index contributed by atoms with van der Waals surface area (Å²) in [7, 11) is 1.45. The molecule has 0 spiro atoms. The number of carbonyl (C=O) groups excluding carboxylic acids is 1. The minimum absolute atomic E-state index is 0.181. The number of ether oxygens (including phenoxy) is 1. The molecule has 5 heteroatoms. The maximum atomic E-state index is 13.6. The molecule has 1 aromatic rings. The van der Waals surface area contributed by atoms with Crippen LogP contribution < -0.4 is 9.64 Å². The van der Waals surface area contributed by atoms with Crippen LogP contribution in [0, 0.1) is 5.82 Å². The Morgan fingerprint density at radius 1 is 1.32 bits per heavy atom. The third kappa shape index (κ3) is 2.97. The van der Waals surface area contributed by atoms with E-state index in [1.807, 2.05) is 17.9 Å². The van der Waals surface area contributed by atoms with Crippen LogP contribution in [0.4, 0.5) is 10.1 Å². The lowest BCUT2D eigenvalue weighted by Crippen LogP contribution is -2.48. The number of anilines is 1. The predicted molar refractivity (Wildman–Crippen MR) is 72.0 cm³/mol. The third-order valence-corrected chi connectivity index (χ3v) is 3.44. The minimum Gasteiger partial charge on any atom is -0.494 e. The van der Waals surface area contributed by atoms with E-state index in [4.69, 9.17) is 4.74 Å². The zero-order chi connectivity index (χ0) is 13.8. The lowest BCUT2D eigenvalue weighted by atomic mass is 10.2. The first-order chi connectivity index (χ1) is 9.15. The van der Waals surface area contributed by atoms with Crippen LogP contribution in [0.5, 0.6) is 5.75 Å². The molecule has 1 aliphatic rings. The largest absolute Gasteiger partial charge is 0.494 e. The molecule has 19 heavy (non-hydrogen) atoms. The van der Waals surface area contributed by atoms with Crippen molar-refractivity contribution in [3.05, 3.63) is 24.0 Å². The van der Waals surface area contributed by atoms with Gasteiger partial charge in [-0.2, -0.15) is 0 Å². The number of amides is 1. The normalized spacial score (nSPS) is 15.5. The van der Waals surface area contributed by atoms with Crippen LogP contribution in [-0.4, -0.2) is 44.1 Å². The fourth-order valence-corrected chi connectivity index (χ4v) is 2.29. The molecule has 104 valence electrons. The van der Waals surface area contributed by atoms with E-state index in [1.165, 1.54) is 13.2 Å². The van der Waals surface area contributed by atoms with Crippen molar-refractivity contribution >= 4 is 11.6 Å². The summed E-state index contributed by atoms with van der Waals surface area (Å²) in [6.45, 7) is 4.73. The number of piperazine rings is 1. The molecule has 1 aromatic carbocycles. The van der Waals surface area contributed by atoms with Gasteiger partial charge in [-0.15, -0.1) is 0 Å². The highest BCUT2D eigenvalue weighted by Crippen LogP contribution is 2.24. The van der Waals surface area contributed by atoms with Gasteiger partial charge in [0.2, 0.25) is 5.91 Å². The lowest BCUT2D eigenvalue weighted by Gasteiger charge is -2.36. The Bertz CT molecular complexity index is 457. The summed E-state index contributed by atoms with van der Waals surface area (Å²) < 4.78 is 18.6. The maximum absolute atomic E-state index is 13.6. The molecule has 0 radical (unpaired) electrons. The molecule has 0 N–H and O–H groups in total. The molecule has 0 aliphatic carbocycles. The van der Waals surface area contributed by atoms with Gasteiger partial charge < -0.3 is 14.5 Å². The van der Waals surface area contributed by atoms with E-state index in [1.54, 1.807) is 6.07 Å². The number of rotatable bonds is 3. The van der Waals surface area contributed by atoms with Crippen molar-refractivity contribution in [1.29, 1.82) is 0 Å². The Labute approximate surface area is 112 Å². The molecule has 1 aliphatic heterocycles. The zero-order valence-corrected chi connectivity index (χ0v) is 11.4. The Morgan fingerprint density at radius 3 is 2.53 bits per heavy atom. The first kappa shape index (κ1) is 13.6. The van der Waals surface area contributed by atoms with Gasteiger partial charge >= 0.3 is 0 Å². The second-order valence-corrected chi connectivity index (χ2v) is 4.54. The molecule has 1 amide bonds. The van der Waals surface area contributed by atoms with Crippen LogP contribution in [0.15, 0.2) is 18.2 Å². The standard InChI is InChI=1S/C14H19FN2O2/c1-3-14(18)17-8-6-16(7-9-17)11-4-5-13(19-2)12(15)10-11/h4-5,10H,3,6-9H2,1-2H3. The molecule has 1 saturated heterocycles. The zero-order valence-electron chi connectivity index (χ0n) is 11.4. The third-order valence-electron chi connectivity index (χ3n) is 3.44. The molecule has 2 rings (SSSR count). The van der Waals surface area contributed by atoms with Crippen LogP contribution in [0.25, 0.3) is 0 Å². The summed E-state index contributed by atoms with van der Waals surface area (Å²) in [5, 5.41) is 0. The Hall–Kier alpha value is -1.78. The Kier molecular flexibility index (Phi) is 4.24. The average Bonchev–Trinajstić information content (AvgIpc) is 2.46.